The fourth-order valence-corrected chi connectivity index (χ4v) is 4.52. The van der Waals surface area contributed by atoms with Gasteiger partial charge in [-0.05, 0) is 26.3 Å². The molecular formula is C17H20N6S2. The molecule has 4 heterocycles. The Morgan fingerprint density at radius 3 is 2.96 bits per heavy atom. The molecule has 1 N–H and O–H groups in total. The van der Waals surface area contributed by atoms with Crippen LogP contribution in [0.5, 0.6) is 0 Å². The van der Waals surface area contributed by atoms with Gasteiger partial charge in [-0.1, -0.05) is 0 Å². The Bertz CT molecular complexity index is 816. The van der Waals surface area contributed by atoms with E-state index < -0.39 is 0 Å². The van der Waals surface area contributed by atoms with Crippen molar-refractivity contribution in [2.75, 3.05) is 18.4 Å². The highest BCUT2D eigenvalue weighted by atomic mass is 32.1. The van der Waals surface area contributed by atoms with Gasteiger partial charge in [0, 0.05) is 53.5 Å². The Morgan fingerprint density at radius 2 is 2.16 bits per heavy atom. The minimum atomic E-state index is 0.388. The number of anilines is 2. The summed E-state index contributed by atoms with van der Waals surface area (Å²) in [6, 6.07) is 0. The smallest absolute Gasteiger partial charge is 0.188 e. The van der Waals surface area contributed by atoms with Crippen LogP contribution >= 0.6 is 22.7 Å². The second-order valence-electron chi connectivity index (χ2n) is 6.23. The quantitative estimate of drug-likeness (QED) is 0.734. The summed E-state index contributed by atoms with van der Waals surface area (Å²) >= 11 is 3.36. The van der Waals surface area contributed by atoms with Gasteiger partial charge in [0.2, 0.25) is 0 Å². The summed E-state index contributed by atoms with van der Waals surface area (Å²) in [7, 11) is 0. The van der Waals surface area contributed by atoms with Crippen LogP contribution in [0.25, 0.3) is 0 Å². The maximum atomic E-state index is 4.65. The van der Waals surface area contributed by atoms with Gasteiger partial charge in [-0.3, -0.25) is 14.9 Å². The SMILES string of the molecule is Cc1cnc(Nc2nccnc2[C@H]2CCCN(Cc3cncs3)C2)s1. The third kappa shape index (κ3) is 4.02. The predicted molar refractivity (Wildman–Crippen MR) is 102 cm³/mol. The lowest BCUT2D eigenvalue weighted by molar-refractivity contribution is 0.200. The van der Waals surface area contributed by atoms with Crippen LogP contribution in [0.1, 0.15) is 34.2 Å². The zero-order valence-corrected chi connectivity index (χ0v) is 15.7. The monoisotopic (exact) mass is 372 g/mol. The van der Waals surface area contributed by atoms with Gasteiger partial charge in [0.15, 0.2) is 10.9 Å². The largest absolute Gasteiger partial charge is 0.315 e. The van der Waals surface area contributed by atoms with E-state index >= 15 is 0 Å². The normalized spacial score (nSPS) is 18.4. The van der Waals surface area contributed by atoms with E-state index in [9.17, 15) is 0 Å². The van der Waals surface area contributed by atoms with Crippen LogP contribution in [0, 0.1) is 6.92 Å². The van der Waals surface area contributed by atoms with Crippen LogP contribution in [0.4, 0.5) is 10.9 Å². The second-order valence-corrected chi connectivity index (χ2v) is 8.44. The first-order valence-electron chi connectivity index (χ1n) is 8.38. The molecule has 0 unspecified atom stereocenters. The maximum absolute atomic E-state index is 4.65. The number of nitrogens with zero attached hydrogens (tertiary/aromatic N) is 5. The number of likely N-dealkylation sites (tertiary alicyclic amines) is 1. The molecule has 130 valence electrons. The summed E-state index contributed by atoms with van der Waals surface area (Å²) in [5, 5.41) is 4.23. The Hall–Kier alpha value is -1.90. The van der Waals surface area contributed by atoms with Crippen LogP contribution in [-0.4, -0.2) is 37.9 Å². The zero-order valence-electron chi connectivity index (χ0n) is 14.1. The fraction of sp³-hybridized carbons (Fsp3) is 0.412. The minimum absolute atomic E-state index is 0.388. The van der Waals surface area contributed by atoms with Gasteiger partial charge in [-0.25, -0.2) is 9.97 Å². The van der Waals surface area contributed by atoms with Gasteiger partial charge < -0.3 is 5.32 Å². The standard InChI is InChI=1S/C17H20N6S2/c1-12-7-21-17(25-12)22-16-15(19-4-5-20-16)13-3-2-6-23(9-13)10-14-8-18-11-24-14/h4-5,7-8,11,13H,2-3,6,9-10H2,1H3,(H,20,21,22)/t13-/m0/s1. The molecule has 0 saturated carbocycles. The molecule has 1 aliphatic heterocycles. The molecule has 6 nitrogen and oxygen atoms in total. The van der Waals surface area contributed by atoms with Crippen molar-refractivity contribution in [1.29, 1.82) is 0 Å². The number of aromatic nitrogens is 4. The number of aryl methyl sites for hydroxylation is 1. The molecule has 1 fully saturated rings. The lowest BCUT2D eigenvalue weighted by Gasteiger charge is -2.32. The molecule has 3 aromatic rings. The third-order valence-electron chi connectivity index (χ3n) is 4.33. The van der Waals surface area contributed by atoms with Gasteiger partial charge >= 0.3 is 0 Å². The van der Waals surface area contributed by atoms with Crippen LogP contribution in [0.15, 0.2) is 30.3 Å². The maximum Gasteiger partial charge on any atom is 0.188 e. The summed E-state index contributed by atoms with van der Waals surface area (Å²) in [6.45, 7) is 5.15. The van der Waals surface area contributed by atoms with Crippen LogP contribution in [-0.2, 0) is 6.54 Å². The van der Waals surface area contributed by atoms with E-state index in [2.05, 4.69) is 37.1 Å². The van der Waals surface area contributed by atoms with E-state index in [0.29, 0.717) is 5.92 Å². The molecular weight excluding hydrogens is 352 g/mol. The molecule has 25 heavy (non-hydrogen) atoms. The van der Waals surface area contributed by atoms with Crippen molar-refractivity contribution in [3.8, 4) is 0 Å². The Morgan fingerprint density at radius 1 is 1.24 bits per heavy atom. The highest BCUT2D eigenvalue weighted by molar-refractivity contribution is 7.15. The van der Waals surface area contributed by atoms with Crippen LogP contribution in [0.3, 0.4) is 0 Å². The van der Waals surface area contributed by atoms with Crippen molar-refractivity contribution >= 4 is 33.6 Å². The summed E-state index contributed by atoms with van der Waals surface area (Å²) in [5.74, 6) is 1.22. The highest BCUT2D eigenvalue weighted by Crippen LogP contribution is 2.32. The van der Waals surface area contributed by atoms with Crippen LogP contribution in [0.2, 0.25) is 0 Å². The average molecular weight is 373 g/mol. The van der Waals surface area contributed by atoms with Crippen molar-refractivity contribution in [2.24, 2.45) is 0 Å². The second kappa shape index (κ2) is 7.55. The van der Waals surface area contributed by atoms with E-state index in [0.717, 1.165) is 42.7 Å². The van der Waals surface area contributed by atoms with Gasteiger partial charge in [-0.15, -0.1) is 22.7 Å². The van der Waals surface area contributed by atoms with Gasteiger partial charge in [-0.2, -0.15) is 0 Å². The first-order chi connectivity index (χ1) is 12.3. The van der Waals surface area contributed by atoms with Gasteiger partial charge in [0.1, 0.15) is 0 Å². The van der Waals surface area contributed by atoms with E-state index in [1.54, 1.807) is 35.1 Å². The van der Waals surface area contributed by atoms with E-state index in [1.807, 2.05) is 17.9 Å². The topological polar surface area (TPSA) is 66.8 Å². The van der Waals surface area contributed by atoms with Crippen molar-refractivity contribution < 1.29 is 0 Å². The average Bonchev–Trinajstić information content (AvgIpc) is 3.27. The Labute approximate surface area is 155 Å². The number of hydrogen-bond donors (Lipinski definition) is 1. The molecule has 0 aromatic carbocycles. The minimum Gasteiger partial charge on any atom is -0.315 e. The van der Waals surface area contributed by atoms with Crippen molar-refractivity contribution in [1.82, 2.24) is 24.8 Å². The molecule has 3 aromatic heterocycles. The highest BCUT2D eigenvalue weighted by Gasteiger charge is 2.25. The van der Waals surface area contributed by atoms with Crippen molar-refractivity contribution in [2.45, 2.75) is 32.2 Å². The summed E-state index contributed by atoms with van der Waals surface area (Å²) < 4.78 is 0. The predicted octanol–water partition coefficient (Wildman–Crippen LogP) is 3.82. The first-order valence-corrected chi connectivity index (χ1v) is 10.1. The first kappa shape index (κ1) is 16.6. The molecule has 4 rings (SSSR count). The molecule has 0 radical (unpaired) electrons. The molecule has 1 saturated heterocycles. The van der Waals surface area contributed by atoms with E-state index in [1.165, 1.54) is 16.2 Å². The van der Waals surface area contributed by atoms with Crippen molar-refractivity contribution in [3.63, 3.8) is 0 Å². The number of hydrogen-bond acceptors (Lipinski definition) is 8. The molecule has 1 aliphatic rings. The summed E-state index contributed by atoms with van der Waals surface area (Å²) in [5.41, 5.74) is 2.95. The van der Waals surface area contributed by atoms with E-state index in [-0.39, 0.29) is 0 Å². The van der Waals surface area contributed by atoms with E-state index in [4.69, 9.17) is 0 Å². The lowest BCUT2D eigenvalue weighted by Crippen LogP contribution is -2.34. The fourth-order valence-electron chi connectivity index (χ4n) is 3.22. The molecule has 8 heteroatoms. The lowest BCUT2D eigenvalue weighted by atomic mass is 9.94. The molecule has 0 bridgehead atoms. The summed E-state index contributed by atoms with van der Waals surface area (Å²) in [6.07, 6.45) is 9.69. The van der Waals surface area contributed by atoms with Gasteiger partial charge in [0.05, 0.1) is 11.2 Å². The number of piperidine rings is 1. The number of nitrogens with one attached hydrogen (secondary N) is 1. The van der Waals surface area contributed by atoms with Crippen LogP contribution < -0.4 is 5.32 Å². The summed E-state index contributed by atoms with van der Waals surface area (Å²) in [4.78, 5) is 22.7. The zero-order chi connectivity index (χ0) is 17.1. The molecule has 0 spiro atoms. The van der Waals surface area contributed by atoms with Gasteiger partial charge in [0.25, 0.3) is 0 Å². The Balaban J connectivity index is 1.50. The van der Waals surface area contributed by atoms with Crippen molar-refractivity contribution in [3.05, 3.63) is 45.7 Å². The number of rotatable bonds is 5. The molecule has 1 atom stereocenters. The Kier molecular flexibility index (Phi) is 5.00. The third-order valence-corrected chi connectivity index (χ3v) is 5.92. The molecule has 0 aliphatic carbocycles. The number of thiazole rings is 2. The molecule has 0 amide bonds.